The molecule has 1 aromatic carbocycles. The summed E-state index contributed by atoms with van der Waals surface area (Å²) in [6.45, 7) is 6.92. The summed E-state index contributed by atoms with van der Waals surface area (Å²) < 4.78 is 0. The molecule has 0 heterocycles. The summed E-state index contributed by atoms with van der Waals surface area (Å²) in [6, 6.07) is 8.40. The predicted molar refractivity (Wildman–Crippen MR) is 75.9 cm³/mol. The van der Waals surface area contributed by atoms with Crippen LogP contribution < -0.4 is 4.90 Å². The molecule has 1 unspecified atom stereocenters. The highest BCUT2D eigenvalue weighted by Crippen LogP contribution is 2.22. The first-order chi connectivity index (χ1) is 8.63. The highest BCUT2D eigenvalue weighted by atomic mass is 16.3. The zero-order chi connectivity index (χ0) is 13.5. The van der Waals surface area contributed by atoms with E-state index < -0.39 is 6.10 Å². The van der Waals surface area contributed by atoms with Gasteiger partial charge in [-0.2, -0.15) is 0 Å². The monoisotopic (exact) mass is 251 g/mol. The van der Waals surface area contributed by atoms with Crippen molar-refractivity contribution in [2.75, 3.05) is 18.1 Å². The summed E-state index contributed by atoms with van der Waals surface area (Å²) >= 11 is 0. The van der Waals surface area contributed by atoms with Crippen molar-refractivity contribution >= 4 is 5.69 Å². The number of hydrogen-bond acceptors (Lipinski definition) is 3. The largest absolute Gasteiger partial charge is 0.395 e. The molecule has 0 saturated heterocycles. The highest BCUT2D eigenvalue weighted by molar-refractivity contribution is 5.48. The predicted octanol–water partition coefficient (Wildman–Crippen LogP) is 2.73. The molecule has 0 saturated carbocycles. The number of benzene rings is 1. The SMILES string of the molecule is CCC(CC)N(CCO)c1ccc(C(C)O)cc1. The molecule has 0 radical (unpaired) electrons. The first kappa shape index (κ1) is 15.0. The second-order valence-corrected chi connectivity index (χ2v) is 4.65. The van der Waals surface area contributed by atoms with Crippen molar-refractivity contribution in [3.05, 3.63) is 29.8 Å². The van der Waals surface area contributed by atoms with Gasteiger partial charge in [0.05, 0.1) is 12.7 Å². The van der Waals surface area contributed by atoms with Crippen LogP contribution in [0.25, 0.3) is 0 Å². The molecule has 0 aliphatic carbocycles. The second kappa shape index (κ2) is 7.39. The van der Waals surface area contributed by atoms with Crippen LogP contribution in [0.3, 0.4) is 0 Å². The van der Waals surface area contributed by atoms with E-state index in [-0.39, 0.29) is 6.61 Å². The molecule has 1 rings (SSSR count). The van der Waals surface area contributed by atoms with Gasteiger partial charge in [0.15, 0.2) is 0 Å². The highest BCUT2D eigenvalue weighted by Gasteiger charge is 2.15. The average Bonchev–Trinajstić information content (AvgIpc) is 2.39. The van der Waals surface area contributed by atoms with Crippen molar-refractivity contribution in [1.29, 1.82) is 0 Å². The van der Waals surface area contributed by atoms with Crippen molar-refractivity contribution in [3.8, 4) is 0 Å². The zero-order valence-corrected chi connectivity index (χ0v) is 11.6. The smallest absolute Gasteiger partial charge is 0.0761 e. The van der Waals surface area contributed by atoms with Crippen molar-refractivity contribution in [1.82, 2.24) is 0 Å². The fraction of sp³-hybridized carbons (Fsp3) is 0.600. The fourth-order valence-corrected chi connectivity index (χ4v) is 2.30. The van der Waals surface area contributed by atoms with Gasteiger partial charge in [-0.05, 0) is 37.5 Å². The zero-order valence-electron chi connectivity index (χ0n) is 11.6. The van der Waals surface area contributed by atoms with Gasteiger partial charge in [0.25, 0.3) is 0 Å². The molecule has 0 aliphatic heterocycles. The van der Waals surface area contributed by atoms with Gasteiger partial charge in [-0.15, -0.1) is 0 Å². The first-order valence-corrected chi connectivity index (χ1v) is 6.79. The molecule has 18 heavy (non-hydrogen) atoms. The van der Waals surface area contributed by atoms with Crippen molar-refractivity contribution in [2.45, 2.75) is 45.8 Å². The molecule has 0 spiro atoms. The molecule has 0 aliphatic rings. The third kappa shape index (κ3) is 3.72. The Hall–Kier alpha value is -1.06. The lowest BCUT2D eigenvalue weighted by Crippen LogP contribution is -2.36. The number of aliphatic hydroxyl groups is 2. The van der Waals surface area contributed by atoms with Gasteiger partial charge in [0.2, 0.25) is 0 Å². The summed E-state index contributed by atoms with van der Waals surface area (Å²) in [7, 11) is 0. The molecule has 0 amide bonds. The Labute approximate surface area is 110 Å². The van der Waals surface area contributed by atoms with Crippen LogP contribution >= 0.6 is 0 Å². The van der Waals surface area contributed by atoms with E-state index in [1.807, 2.05) is 24.3 Å². The number of nitrogens with zero attached hydrogens (tertiary/aromatic N) is 1. The molecule has 3 heteroatoms. The maximum absolute atomic E-state index is 9.50. The lowest BCUT2D eigenvalue weighted by atomic mass is 10.1. The Morgan fingerprint density at radius 1 is 1.11 bits per heavy atom. The maximum atomic E-state index is 9.50. The second-order valence-electron chi connectivity index (χ2n) is 4.65. The van der Waals surface area contributed by atoms with Crippen LogP contribution in [0.2, 0.25) is 0 Å². The quantitative estimate of drug-likeness (QED) is 0.783. The Morgan fingerprint density at radius 3 is 2.06 bits per heavy atom. The molecular formula is C15H25NO2. The van der Waals surface area contributed by atoms with E-state index in [4.69, 9.17) is 0 Å². The number of rotatable bonds is 7. The molecule has 3 nitrogen and oxygen atoms in total. The number of anilines is 1. The molecule has 0 bridgehead atoms. The number of hydrogen-bond donors (Lipinski definition) is 2. The van der Waals surface area contributed by atoms with E-state index in [0.717, 1.165) is 24.1 Å². The van der Waals surface area contributed by atoms with Gasteiger partial charge in [0.1, 0.15) is 0 Å². The summed E-state index contributed by atoms with van der Waals surface area (Å²) in [6.07, 6.45) is 1.70. The summed E-state index contributed by atoms with van der Waals surface area (Å²) in [4.78, 5) is 2.24. The third-order valence-electron chi connectivity index (χ3n) is 3.43. The minimum Gasteiger partial charge on any atom is -0.395 e. The Kier molecular flexibility index (Phi) is 6.16. The molecule has 0 fully saturated rings. The van der Waals surface area contributed by atoms with Crippen LogP contribution in [-0.4, -0.2) is 29.4 Å². The summed E-state index contributed by atoms with van der Waals surface area (Å²) in [5, 5.41) is 18.7. The van der Waals surface area contributed by atoms with E-state index in [0.29, 0.717) is 12.6 Å². The molecule has 102 valence electrons. The lowest BCUT2D eigenvalue weighted by molar-refractivity contribution is 0.199. The summed E-state index contributed by atoms with van der Waals surface area (Å²) in [5.74, 6) is 0. The molecule has 0 aromatic heterocycles. The van der Waals surface area contributed by atoms with Gasteiger partial charge < -0.3 is 15.1 Å². The Bertz CT molecular complexity index is 331. The van der Waals surface area contributed by atoms with Gasteiger partial charge in [-0.3, -0.25) is 0 Å². The van der Waals surface area contributed by atoms with Gasteiger partial charge >= 0.3 is 0 Å². The van der Waals surface area contributed by atoms with Crippen LogP contribution in [0.1, 0.15) is 45.3 Å². The number of aliphatic hydroxyl groups excluding tert-OH is 2. The van der Waals surface area contributed by atoms with Crippen molar-refractivity contribution in [2.24, 2.45) is 0 Å². The first-order valence-electron chi connectivity index (χ1n) is 6.79. The molecule has 2 N–H and O–H groups in total. The van der Waals surface area contributed by atoms with Crippen LogP contribution in [0.4, 0.5) is 5.69 Å². The van der Waals surface area contributed by atoms with E-state index in [1.165, 1.54) is 0 Å². The van der Waals surface area contributed by atoms with E-state index >= 15 is 0 Å². The van der Waals surface area contributed by atoms with Crippen LogP contribution in [0.5, 0.6) is 0 Å². The van der Waals surface area contributed by atoms with Crippen LogP contribution in [0, 0.1) is 0 Å². The van der Waals surface area contributed by atoms with Gasteiger partial charge in [-0.1, -0.05) is 26.0 Å². The van der Waals surface area contributed by atoms with Crippen LogP contribution in [-0.2, 0) is 0 Å². The third-order valence-corrected chi connectivity index (χ3v) is 3.43. The minimum absolute atomic E-state index is 0.161. The van der Waals surface area contributed by atoms with Crippen LogP contribution in [0.15, 0.2) is 24.3 Å². The fourth-order valence-electron chi connectivity index (χ4n) is 2.30. The lowest BCUT2D eigenvalue weighted by Gasteiger charge is -2.32. The van der Waals surface area contributed by atoms with Crippen molar-refractivity contribution in [3.63, 3.8) is 0 Å². The molecule has 1 aromatic rings. The van der Waals surface area contributed by atoms with E-state index in [1.54, 1.807) is 6.92 Å². The molecule has 1 atom stereocenters. The van der Waals surface area contributed by atoms with E-state index in [2.05, 4.69) is 18.7 Å². The van der Waals surface area contributed by atoms with E-state index in [9.17, 15) is 10.2 Å². The normalized spacial score (nSPS) is 12.8. The topological polar surface area (TPSA) is 43.7 Å². The van der Waals surface area contributed by atoms with Crippen molar-refractivity contribution < 1.29 is 10.2 Å². The summed E-state index contributed by atoms with van der Waals surface area (Å²) in [5.41, 5.74) is 2.04. The molecular weight excluding hydrogens is 226 g/mol. The average molecular weight is 251 g/mol. The maximum Gasteiger partial charge on any atom is 0.0761 e. The Balaban J connectivity index is 2.91. The minimum atomic E-state index is -0.432. The standard InChI is InChI=1S/C15H25NO2/c1-4-14(5-2)16(10-11-17)15-8-6-13(7-9-15)12(3)18/h6-9,12,14,17-18H,4-5,10-11H2,1-3H3. The Morgan fingerprint density at radius 2 is 1.67 bits per heavy atom. The van der Waals surface area contributed by atoms with Gasteiger partial charge in [0, 0.05) is 18.3 Å². The van der Waals surface area contributed by atoms with Gasteiger partial charge in [-0.25, -0.2) is 0 Å².